The van der Waals surface area contributed by atoms with Crippen molar-refractivity contribution in [3.8, 4) is 5.75 Å². The van der Waals surface area contributed by atoms with Crippen LogP contribution in [0.1, 0.15) is 44.9 Å². The van der Waals surface area contributed by atoms with E-state index in [1.165, 1.54) is 55.7 Å². The van der Waals surface area contributed by atoms with Crippen LogP contribution < -0.4 is 20.1 Å². The summed E-state index contributed by atoms with van der Waals surface area (Å²) in [4.78, 5) is 4.50. The molecule has 1 aromatic carbocycles. The second-order valence-electron chi connectivity index (χ2n) is 9.40. The maximum absolute atomic E-state index is 13.5. The summed E-state index contributed by atoms with van der Waals surface area (Å²) in [6, 6.07) is 4.43. The highest BCUT2D eigenvalue weighted by Gasteiger charge is 2.28. The molecule has 1 aliphatic carbocycles. The summed E-state index contributed by atoms with van der Waals surface area (Å²) in [6.45, 7) is 5.88. The zero-order valence-electron chi connectivity index (χ0n) is 20.6. The number of anilines is 1. The van der Waals surface area contributed by atoms with E-state index < -0.39 is 10.2 Å². The molecule has 0 atom stereocenters. The van der Waals surface area contributed by atoms with Gasteiger partial charge in [0.25, 0.3) is 10.2 Å². The Bertz CT molecular complexity index is 843. The molecule has 2 fully saturated rings. The molecule has 34 heavy (non-hydrogen) atoms. The number of nitrogens with one attached hydrogen (secondary N) is 1. The van der Waals surface area contributed by atoms with Gasteiger partial charge in [-0.05, 0) is 63.4 Å². The molecule has 1 heterocycles. The smallest absolute Gasteiger partial charge is 0.279 e. The molecular weight excluding hydrogens is 457 g/mol. The molecule has 194 valence electrons. The molecule has 0 amide bonds. The van der Waals surface area contributed by atoms with Crippen molar-refractivity contribution in [2.24, 2.45) is 11.7 Å². The van der Waals surface area contributed by atoms with Crippen LogP contribution in [0.4, 0.5) is 10.1 Å². The number of rotatable bonds is 13. The van der Waals surface area contributed by atoms with Crippen LogP contribution in [0, 0.1) is 11.7 Å². The van der Waals surface area contributed by atoms with E-state index >= 15 is 0 Å². The lowest BCUT2D eigenvalue weighted by Gasteiger charge is -2.36. The molecule has 8 nitrogen and oxygen atoms in total. The molecule has 1 saturated heterocycles. The van der Waals surface area contributed by atoms with E-state index in [1.54, 1.807) is 6.07 Å². The SMILES string of the molecule is COc1cc(F)ccc1N1CCN(S(=O)(=O)NCCCN(CCCN)CC2CCCCC2)CC1. The zero-order valence-corrected chi connectivity index (χ0v) is 21.4. The molecule has 1 aromatic rings. The van der Waals surface area contributed by atoms with Crippen molar-refractivity contribution in [1.82, 2.24) is 13.9 Å². The summed E-state index contributed by atoms with van der Waals surface area (Å²) < 4.78 is 48.7. The average molecular weight is 500 g/mol. The van der Waals surface area contributed by atoms with Crippen molar-refractivity contribution in [2.75, 3.05) is 70.9 Å². The van der Waals surface area contributed by atoms with E-state index in [0.717, 1.165) is 44.1 Å². The van der Waals surface area contributed by atoms with Gasteiger partial charge in [0, 0.05) is 45.3 Å². The van der Waals surface area contributed by atoms with Crippen LogP contribution in [-0.2, 0) is 10.2 Å². The Morgan fingerprint density at radius 1 is 1.12 bits per heavy atom. The fraction of sp³-hybridized carbons (Fsp3) is 0.750. The minimum Gasteiger partial charge on any atom is -0.494 e. The van der Waals surface area contributed by atoms with Crippen LogP contribution in [0.25, 0.3) is 0 Å². The summed E-state index contributed by atoms with van der Waals surface area (Å²) >= 11 is 0. The van der Waals surface area contributed by atoms with Gasteiger partial charge in [0.05, 0.1) is 12.8 Å². The number of hydrogen-bond donors (Lipinski definition) is 2. The summed E-state index contributed by atoms with van der Waals surface area (Å²) in [5.74, 6) is 0.868. The number of methoxy groups -OCH3 is 1. The van der Waals surface area contributed by atoms with Crippen LogP contribution in [-0.4, -0.2) is 83.6 Å². The number of halogens is 1. The van der Waals surface area contributed by atoms with Gasteiger partial charge in [0.1, 0.15) is 11.6 Å². The highest BCUT2D eigenvalue weighted by molar-refractivity contribution is 7.87. The second kappa shape index (κ2) is 13.6. The Balaban J connectivity index is 1.43. The van der Waals surface area contributed by atoms with Crippen molar-refractivity contribution in [3.05, 3.63) is 24.0 Å². The number of hydrogen-bond acceptors (Lipinski definition) is 6. The van der Waals surface area contributed by atoms with E-state index in [9.17, 15) is 12.8 Å². The van der Waals surface area contributed by atoms with Crippen molar-refractivity contribution in [2.45, 2.75) is 44.9 Å². The summed E-state index contributed by atoms with van der Waals surface area (Å²) in [7, 11) is -2.02. The molecule has 0 unspecified atom stereocenters. The maximum Gasteiger partial charge on any atom is 0.279 e. The van der Waals surface area contributed by atoms with Crippen LogP contribution in [0.5, 0.6) is 5.75 Å². The fourth-order valence-corrected chi connectivity index (χ4v) is 6.25. The third-order valence-corrected chi connectivity index (χ3v) is 8.53. The summed E-state index contributed by atoms with van der Waals surface area (Å²) in [6.07, 6.45) is 8.38. The Labute approximate surface area is 204 Å². The van der Waals surface area contributed by atoms with Crippen molar-refractivity contribution in [3.63, 3.8) is 0 Å². The molecule has 3 rings (SSSR count). The molecule has 1 saturated carbocycles. The maximum atomic E-state index is 13.5. The van der Waals surface area contributed by atoms with Crippen molar-refractivity contribution >= 4 is 15.9 Å². The fourth-order valence-electron chi connectivity index (χ4n) is 5.02. The van der Waals surface area contributed by atoms with Gasteiger partial charge in [-0.15, -0.1) is 0 Å². The van der Waals surface area contributed by atoms with E-state index in [1.807, 2.05) is 4.90 Å². The second-order valence-corrected chi connectivity index (χ2v) is 11.2. The van der Waals surface area contributed by atoms with Gasteiger partial charge in [-0.25, -0.2) is 9.11 Å². The van der Waals surface area contributed by atoms with Crippen LogP contribution >= 0.6 is 0 Å². The molecule has 0 bridgehead atoms. The first-order valence-electron chi connectivity index (χ1n) is 12.7. The molecule has 0 radical (unpaired) electrons. The minimum absolute atomic E-state index is 0.355. The Morgan fingerprint density at radius 3 is 2.50 bits per heavy atom. The molecule has 0 spiro atoms. The number of benzene rings is 1. The lowest BCUT2D eigenvalue weighted by atomic mass is 9.89. The zero-order chi connectivity index (χ0) is 24.4. The molecule has 0 aromatic heterocycles. The predicted octanol–water partition coefficient (Wildman–Crippen LogP) is 2.41. The normalized spacial score (nSPS) is 18.5. The monoisotopic (exact) mass is 499 g/mol. The molecule has 3 N–H and O–H groups in total. The first kappa shape index (κ1) is 27.1. The average Bonchev–Trinajstić information content (AvgIpc) is 2.85. The van der Waals surface area contributed by atoms with Crippen molar-refractivity contribution < 1.29 is 17.5 Å². The number of piperazine rings is 1. The first-order chi connectivity index (χ1) is 16.4. The highest BCUT2D eigenvalue weighted by Crippen LogP contribution is 2.30. The van der Waals surface area contributed by atoms with Gasteiger partial charge in [0.15, 0.2) is 0 Å². The van der Waals surface area contributed by atoms with E-state index in [0.29, 0.717) is 45.0 Å². The number of nitrogens with zero attached hydrogens (tertiary/aromatic N) is 3. The molecule has 10 heteroatoms. The lowest BCUT2D eigenvalue weighted by Crippen LogP contribution is -2.52. The number of nitrogens with two attached hydrogens (primary N) is 1. The molecular formula is C24H42FN5O3S. The van der Waals surface area contributed by atoms with E-state index in [-0.39, 0.29) is 5.82 Å². The predicted molar refractivity (Wildman–Crippen MR) is 135 cm³/mol. The minimum atomic E-state index is -3.53. The van der Waals surface area contributed by atoms with Gasteiger partial charge < -0.3 is 20.3 Å². The number of ether oxygens (including phenoxy) is 1. The Kier molecular flexibility index (Phi) is 10.8. The van der Waals surface area contributed by atoms with Gasteiger partial charge >= 0.3 is 0 Å². The quantitative estimate of drug-likeness (QED) is 0.405. The Hall–Kier alpha value is -1.46. The topological polar surface area (TPSA) is 91.1 Å². The lowest BCUT2D eigenvalue weighted by molar-refractivity contribution is 0.198. The van der Waals surface area contributed by atoms with Gasteiger partial charge in [0.2, 0.25) is 0 Å². The molecule has 2 aliphatic rings. The van der Waals surface area contributed by atoms with Crippen LogP contribution in [0.2, 0.25) is 0 Å². The third kappa shape index (κ3) is 8.05. The van der Waals surface area contributed by atoms with Gasteiger partial charge in [-0.1, -0.05) is 19.3 Å². The molecule has 1 aliphatic heterocycles. The van der Waals surface area contributed by atoms with Gasteiger partial charge in [-0.3, -0.25) is 0 Å². The standard InChI is InChI=1S/C24H42FN5O3S/c1-33-24-19-22(25)9-10-23(24)29-15-17-30(18-16-29)34(31,32)27-12-6-14-28(13-5-11-26)20-21-7-3-2-4-8-21/h9-10,19,21,27H,2-8,11-18,20,26H2,1H3. The summed E-state index contributed by atoms with van der Waals surface area (Å²) in [5, 5.41) is 0. The third-order valence-electron chi connectivity index (χ3n) is 6.92. The Morgan fingerprint density at radius 2 is 1.82 bits per heavy atom. The van der Waals surface area contributed by atoms with Crippen molar-refractivity contribution in [1.29, 1.82) is 0 Å². The highest BCUT2D eigenvalue weighted by atomic mass is 32.2. The van der Waals surface area contributed by atoms with Crippen LogP contribution in [0.15, 0.2) is 18.2 Å². The van der Waals surface area contributed by atoms with Crippen LogP contribution in [0.3, 0.4) is 0 Å². The summed E-state index contributed by atoms with van der Waals surface area (Å²) in [5.41, 5.74) is 6.51. The van der Waals surface area contributed by atoms with Gasteiger partial charge in [-0.2, -0.15) is 12.7 Å². The van der Waals surface area contributed by atoms with E-state index in [2.05, 4.69) is 9.62 Å². The first-order valence-corrected chi connectivity index (χ1v) is 14.1. The van der Waals surface area contributed by atoms with E-state index in [4.69, 9.17) is 10.5 Å². The largest absolute Gasteiger partial charge is 0.494 e.